The highest BCUT2D eigenvalue weighted by molar-refractivity contribution is 7.45. The van der Waals surface area contributed by atoms with Gasteiger partial charge in [-0.1, -0.05) is 13.8 Å². The van der Waals surface area contributed by atoms with Crippen molar-refractivity contribution in [3.63, 3.8) is 0 Å². The van der Waals surface area contributed by atoms with E-state index in [0.717, 1.165) is 6.42 Å². The number of amides is 4. The fourth-order valence-electron chi connectivity index (χ4n) is 3.86. The van der Waals surface area contributed by atoms with Crippen LogP contribution in [0.1, 0.15) is 40.0 Å². The highest BCUT2D eigenvalue weighted by Crippen LogP contribution is 2.28. The van der Waals surface area contributed by atoms with Gasteiger partial charge in [0.1, 0.15) is 11.9 Å². The van der Waals surface area contributed by atoms with E-state index in [1.165, 1.54) is 22.8 Å². The fraction of sp³-hybridized carbons (Fsp3) is 0.577. The van der Waals surface area contributed by atoms with E-state index in [-0.39, 0.29) is 31.8 Å². The molecule has 2 aliphatic rings. The molecule has 43 heavy (non-hydrogen) atoms. The summed E-state index contributed by atoms with van der Waals surface area (Å²) in [5, 5.41) is 2.59. The lowest BCUT2D eigenvalue weighted by Gasteiger charge is -2.35. The van der Waals surface area contributed by atoms with Gasteiger partial charge in [-0.25, -0.2) is 14.0 Å². The number of anilines is 2. The molecule has 2 fully saturated rings. The number of cyclic esters (lactones) is 1. The number of piperazine rings is 1. The van der Waals surface area contributed by atoms with Crippen molar-refractivity contribution in [2.75, 3.05) is 62.0 Å². The highest BCUT2D eigenvalue weighted by atomic mass is 31.2. The van der Waals surface area contributed by atoms with E-state index in [9.17, 15) is 23.6 Å². The Morgan fingerprint density at radius 1 is 1.16 bits per heavy atom. The van der Waals surface area contributed by atoms with Crippen molar-refractivity contribution < 1.29 is 52.4 Å². The summed E-state index contributed by atoms with van der Waals surface area (Å²) in [5.74, 6) is -1.16. The average Bonchev–Trinajstić information content (AvgIpc) is 3.33. The molecular weight excluding hydrogens is 592 g/mol. The number of hydrogen-bond donors (Lipinski definition) is 4. The van der Waals surface area contributed by atoms with Gasteiger partial charge >= 0.3 is 18.2 Å². The van der Waals surface area contributed by atoms with Crippen LogP contribution in [0.15, 0.2) is 18.2 Å². The minimum atomic E-state index is -1.60. The second-order valence-corrected chi connectivity index (χ2v) is 10.4. The number of halogens is 1. The molecule has 2 saturated heterocycles. The zero-order valence-electron chi connectivity index (χ0n) is 24.6. The topological polar surface area (TPSA) is 201 Å². The minimum absolute atomic E-state index is 0.187. The summed E-state index contributed by atoms with van der Waals surface area (Å²) >= 11 is 0. The van der Waals surface area contributed by atoms with Crippen molar-refractivity contribution in [2.45, 2.75) is 46.1 Å². The molecule has 2 aliphatic heterocycles. The molecule has 0 saturated carbocycles. The molecule has 1 atom stereocenters. The smallest absolute Gasteiger partial charge is 0.414 e. The van der Waals surface area contributed by atoms with E-state index in [1.54, 1.807) is 17.0 Å². The summed E-state index contributed by atoms with van der Waals surface area (Å²) in [6, 6.07) is 4.48. The Kier molecular flexibility index (Phi) is 17.5. The second kappa shape index (κ2) is 20.2. The van der Waals surface area contributed by atoms with Gasteiger partial charge in [0.2, 0.25) is 19.1 Å². The van der Waals surface area contributed by atoms with Crippen LogP contribution < -0.4 is 20.9 Å². The lowest BCUT2D eigenvalue weighted by molar-refractivity contribution is -0.152. The predicted octanol–water partition coefficient (Wildman–Crippen LogP) is 1.64. The Balaban J connectivity index is 0.000000900. The Morgan fingerprint density at radius 2 is 1.81 bits per heavy atom. The maximum absolute atomic E-state index is 14.9. The molecule has 5 N–H and O–H groups in total. The van der Waals surface area contributed by atoms with Gasteiger partial charge in [0.25, 0.3) is 0 Å². The third-order valence-electron chi connectivity index (χ3n) is 5.85. The molecule has 1 unspecified atom stereocenters. The molecular formula is C26H41FN5O10P. The summed E-state index contributed by atoms with van der Waals surface area (Å²) < 4.78 is 29.9. The Bertz CT molecular complexity index is 1060. The molecule has 0 bridgehead atoms. The average molecular weight is 634 g/mol. The number of hydrogen-bond acceptors (Lipinski definition) is 11. The van der Waals surface area contributed by atoms with E-state index in [4.69, 9.17) is 28.8 Å². The van der Waals surface area contributed by atoms with Crippen molar-refractivity contribution in [2.24, 2.45) is 5.73 Å². The van der Waals surface area contributed by atoms with Gasteiger partial charge in [-0.3, -0.25) is 19.3 Å². The molecule has 2 heterocycles. The van der Waals surface area contributed by atoms with Crippen LogP contribution >= 0.6 is 8.38 Å². The quantitative estimate of drug-likeness (QED) is 0.126. The van der Waals surface area contributed by atoms with Gasteiger partial charge in [0.05, 0.1) is 24.5 Å². The minimum Gasteiger partial charge on any atom is -0.442 e. The molecule has 15 nitrogen and oxygen atoms in total. The summed E-state index contributed by atoms with van der Waals surface area (Å²) in [4.78, 5) is 76.2. The van der Waals surface area contributed by atoms with Crippen molar-refractivity contribution in [3.8, 4) is 0 Å². The van der Waals surface area contributed by atoms with Crippen molar-refractivity contribution in [1.29, 1.82) is 0 Å². The monoisotopic (exact) mass is 633 g/mol. The summed E-state index contributed by atoms with van der Waals surface area (Å²) in [6.07, 6.45) is 0.858. The van der Waals surface area contributed by atoms with Crippen molar-refractivity contribution >= 4 is 50.2 Å². The van der Waals surface area contributed by atoms with Crippen LogP contribution in [0, 0.1) is 5.82 Å². The van der Waals surface area contributed by atoms with Gasteiger partial charge < -0.3 is 44.8 Å². The molecule has 0 aliphatic carbocycles. The zero-order chi connectivity index (χ0) is 32.4. The zero-order valence-corrected chi connectivity index (χ0v) is 25.5. The fourth-order valence-corrected chi connectivity index (χ4v) is 4.26. The number of carbonyl (C=O) groups is 5. The van der Waals surface area contributed by atoms with Crippen LogP contribution in [0.5, 0.6) is 0 Å². The Morgan fingerprint density at radius 3 is 2.33 bits per heavy atom. The number of esters is 1. The van der Waals surface area contributed by atoms with Crippen LogP contribution in [0.4, 0.5) is 25.4 Å². The number of nitrogens with zero attached hydrogens (tertiary/aromatic N) is 3. The van der Waals surface area contributed by atoms with Gasteiger partial charge in [-0.2, -0.15) is 0 Å². The molecule has 1 aromatic carbocycles. The number of primary amides is 1. The van der Waals surface area contributed by atoms with Gasteiger partial charge in [-0.05, 0) is 31.0 Å². The van der Waals surface area contributed by atoms with Gasteiger partial charge in [-0.15, -0.1) is 0 Å². The predicted molar refractivity (Wildman–Crippen MR) is 156 cm³/mol. The number of nitrogens with two attached hydrogens (primary N) is 1. The molecule has 0 aromatic heterocycles. The molecule has 4 amide bonds. The summed E-state index contributed by atoms with van der Waals surface area (Å²) in [5.41, 5.74) is 4.88. The largest absolute Gasteiger partial charge is 0.442 e. The molecule has 3 rings (SSSR count). The first-order valence-corrected chi connectivity index (χ1v) is 15.1. The molecule has 0 radical (unpaired) electrons. The molecule has 1 aromatic rings. The number of rotatable bonds is 10. The van der Waals surface area contributed by atoms with E-state index >= 15 is 0 Å². The first-order chi connectivity index (χ1) is 20.5. The lowest BCUT2D eigenvalue weighted by Crippen LogP contribution is -2.49. The normalized spacial score (nSPS) is 15.8. The van der Waals surface area contributed by atoms with Crippen LogP contribution in [-0.4, -0.2) is 103 Å². The van der Waals surface area contributed by atoms with Crippen LogP contribution in [-0.2, 0) is 28.6 Å². The molecule has 242 valence electrons. The van der Waals surface area contributed by atoms with Crippen LogP contribution in [0.2, 0.25) is 0 Å². The summed E-state index contributed by atoms with van der Waals surface area (Å²) in [7, 11) is -1.60. The number of benzene rings is 1. The maximum atomic E-state index is 14.9. The standard InChI is InChI=1S/C22H29FN4O7.C3H9O2P.CH3NO/c1-3-4-20(29)32-14-33-21(30)26-9-7-25(8-10-26)19-6-5-16(11-18(19)23)27-13-17(34-22(27)31)12-24-15(2)28;1-2-3-6(4)5;2-1-3/h5-6,11,17H,3-4,7-10,12-14H2,1-2H3,(H,24,28);4-5H,2-3H2,1H3;1H,(H2,2,3). The van der Waals surface area contributed by atoms with E-state index in [0.29, 0.717) is 50.1 Å². The van der Waals surface area contributed by atoms with Crippen molar-refractivity contribution in [1.82, 2.24) is 10.2 Å². The SMILES string of the molecule is CCCC(=O)OCOC(=O)N1CCN(c2ccc(N3CC(CNC(C)=O)OC3=O)cc2F)CC1.CCCP(O)O.NC=O. The van der Waals surface area contributed by atoms with Gasteiger partial charge in [0, 0.05) is 45.7 Å². The van der Waals surface area contributed by atoms with Crippen molar-refractivity contribution in [3.05, 3.63) is 24.0 Å². The third-order valence-corrected chi connectivity index (χ3v) is 6.70. The van der Waals surface area contributed by atoms with E-state index in [1.807, 2.05) is 13.8 Å². The second-order valence-electron chi connectivity index (χ2n) is 9.19. The Labute approximate surface area is 250 Å². The number of ether oxygens (including phenoxy) is 3. The van der Waals surface area contributed by atoms with E-state index in [2.05, 4.69) is 11.1 Å². The summed E-state index contributed by atoms with van der Waals surface area (Å²) in [6.45, 7) is 6.47. The first-order valence-electron chi connectivity index (χ1n) is 13.6. The Hall–Kier alpha value is -3.75. The third kappa shape index (κ3) is 13.8. The number of carbonyl (C=O) groups excluding carboxylic acids is 5. The number of nitrogens with one attached hydrogen (secondary N) is 1. The van der Waals surface area contributed by atoms with Crippen LogP contribution in [0.3, 0.4) is 0 Å². The first kappa shape index (κ1) is 37.3. The van der Waals surface area contributed by atoms with Crippen LogP contribution in [0.25, 0.3) is 0 Å². The molecule has 17 heteroatoms. The van der Waals surface area contributed by atoms with Gasteiger partial charge in [0.15, 0.2) is 8.38 Å². The molecule has 0 spiro atoms. The maximum Gasteiger partial charge on any atom is 0.414 e. The van der Waals surface area contributed by atoms with E-state index < -0.39 is 45.2 Å². The lowest BCUT2D eigenvalue weighted by atomic mass is 10.2. The highest BCUT2D eigenvalue weighted by Gasteiger charge is 2.33.